The van der Waals surface area contributed by atoms with Crippen LogP contribution in [0.4, 0.5) is 10.1 Å². The van der Waals surface area contributed by atoms with E-state index in [-0.39, 0.29) is 18.9 Å². The van der Waals surface area contributed by atoms with Crippen LogP contribution in [0.15, 0.2) is 60.7 Å². The van der Waals surface area contributed by atoms with Gasteiger partial charge in [-0.25, -0.2) is 4.39 Å². The summed E-state index contributed by atoms with van der Waals surface area (Å²) < 4.78 is 25.5. The number of amides is 1. The van der Waals surface area contributed by atoms with Gasteiger partial charge in [0, 0.05) is 24.6 Å². The molecule has 6 heteroatoms. The Kier molecular flexibility index (Phi) is 6.50. The number of carbonyl (C=O) groups excluding carboxylic acids is 2. The number of ether oxygens (including phenoxy) is 2. The molecule has 1 amide bonds. The van der Waals surface area contributed by atoms with Crippen molar-refractivity contribution in [2.24, 2.45) is 0 Å². The van der Waals surface area contributed by atoms with E-state index in [2.05, 4.69) is 0 Å². The first-order valence-corrected chi connectivity index (χ1v) is 10.5. The van der Waals surface area contributed by atoms with Crippen molar-refractivity contribution in [3.8, 4) is 11.5 Å². The van der Waals surface area contributed by atoms with E-state index in [0.29, 0.717) is 35.6 Å². The standard InChI is InChI=1S/C26H24FNO4/c1-31-24-10-3-2-9-22(24)26(30)28-14-13-19-6-4-7-20(25(19)28)17-32-21-12-11-18(8-5-15-29)23(27)16-21/h2-4,6-7,9-12,15-16H,5,8,13-14,17H2,1H3. The van der Waals surface area contributed by atoms with Crippen LogP contribution >= 0.6 is 0 Å². The molecular weight excluding hydrogens is 409 g/mol. The number of hydrogen-bond donors (Lipinski definition) is 0. The van der Waals surface area contributed by atoms with E-state index in [1.165, 1.54) is 6.07 Å². The van der Waals surface area contributed by atoms with Crippen LogP contribution in [0.25, 0.3) is 0 Å². The Bertz CT molecular complexity index is 1140. The summed E-state index contributed by atoms with van der Waals surface area (Å²) in [4.78, 5) is 25.6. The lowest BCUT2D eigenvalue weighted by molar-refractivity contribution is -0.107. The minimum Gasteiger partial charge on any atom is -0.496 e. The highest BCUT2D eigenvalue weighted by Gasteiger charge is 2.29. The van der Waals surface area contributed by atoms with Crippen molar-refractivity contribution in [2.75, 3.05) is 18.6 Å². The van der Waals surface area contributed by atoms with E-state index in [1.54, 1.807) is 36.3 Å². The lowest BCUT2D eigenvalue weighted by atomic mass is 10.1. The first-order valence-electron chi connectivity index (χ1n) is 10.5. The van der Waals surface area contributed by atoms with Gasteiger partial charge in [0.15, 0.2) is 0 Å². The molecule has 0 aliphatic carbocycles. The Morgan fingerprint density at radius 1 is 1.09 bits per heavy atom. The molecule has 0 radical (unpaired) electrons. The molecule has 0 atom stereocenters. The van der Waals surface area contributed by atoms with E-state index in [4.69, 9.17) is 9.47 Å². The fraction of sp³-hybridized carbons (Fsp3) is 0.231. The van der Waals surface area contributed by atoms with Gasteiger partial charge < -0.3 is 19.2 Å². The highest BCUT2D eigenvalue weighted by atomic mass is 19.1. The van der Waals surface area contributed by atoms with Gasteiger partial charge in [-0.3, -0.25) is 4.79 Å². The van der Waals surface area contributed by atoms with Crippen molar-refractivity contribution in [2.45, 2.75) is 25.9 Å². The maximum absolute atomic E-state index is 14.3. The topological polar surface area (TPSA) is 55.8 Å². The third kappa shape index (κ3) is 4.35. The van der Waals surface area contributed by atoms with Crippen LogP contribution in [0.2, 0.25) is 0 Å². The summed E-state index contributed by atoms with van der Waals surface area (Å²) in [5.41, 5.74) is 3.76. The minimum absolute atomic E-state index is 0.126. The number of halogens is 1. The zero-order valence-electron chi connectivity index (χ0n) is 17.8. The second kappa shape index (κ2) is 9.64. The molecular formula is C26H24FNO4. The van der Waals surface area contributed by atoms with Crippen molar-refractivity contribution in [1.29, 1.82) is 0 Å². The lowest BCUT2D eigenvalue weighted by Gasteiger charge is -2.22. The fourth-order valence-corrected chi connectivity index (χ4v) is 4.02. The molecule has 5 nitrogen and oxygen atoms in total. The summed E-state index contributed by atoms with van der Waals surface area (Å²) in [6.07, 6.45) is 2.17. The molecule has 1 heterocycles. The minimum atomic E-state index is -0.393. The van der Waals surface area contributed by atoms with Crippen LogP contribution in [0.5, 0.6) is 11.5 Å². The number of carbonyl (C=O) groups is 2. The van der Waals surface area contributed by atoms with Crippen molar-refractivity contribution in [1.82, 2.24) is 0 Å². The molecule has 0 aromatic heterocycles. The Hall–Kier alpha value is -3.67. The van der Waals surface area contributed by atoms with Gasteiger partial charge >= 0.3 is 0 Å². The highest BCUT2D eigenvalue weighted by molar-refractivity contribution is 6.09. The number of para-hydroxylation sites is 2. The summed E-state index contributed by atoms with van der Waals surface area (Å²) >= 11 is 0. The second-order valence-electron chi connectivity index (χ2n) is 7.58. The van der Waals surface area contributed by atoms with Gasteiger partial charge in [0.2, 0.25) is 0 Å². The number of hydrogen-bond acceptors (Lipinski definition) is 4. The maximum atomic E-state index is 14.3. The number of aldehydes is 1. The molecule has 0 spiro atoms. The molecule has 164 valence electrons. The van der Waals surface area contributed by atoms with Crippen LogP contribution in [0.1, 0.15) is 33.5 Å². The largest absolute Gasteiger partial charge is 0.496 e. The van der Waals surface area contributed by atoms with Crippen molar-refractivity contribution in [3.63, 3.8) is 0 Å². The predicted molar refractivity (Wildman–Crippen MR) is 120 cm³/mol. The van der Waals surface area contributed by atoms with Crippen LogP contribution in [-0.4, -0.2) is 25.8 Å². The second-order valence-corrected chi connectivity index (χ2v) is 7.58. The monoisotopic (exact) mass is 433 g/mol. The van der Waals surface area contributed by atoms with Crippen molar-refractivity contribution < 1.29 is 23.5 Å². The average Bonchev–Trinajstić information content (AvgIpc) is 3.26. The molecule has 32 heavy (non-hydrogen) atoms. The van der Waals surface area contributed by atoms with Crippen LogP contribution < -0.4 is 14.4 Å². The number of aryl methyl sites for hydroxylation is 1. The van der Waals surface area contributed by atoms with Gasteiger partial charge in [-0.15, -0.1) is 0 Å². The predicted octanol–water partition coefficient (Wildman–Crippen LogP) is 4.75. The van der Waals surface area contributed by atoms with E-state index < -0.39 is 5.82 Å². The Balaban J connectivity index is 1.55. The molecule has 0 N–H and O–H groups in total. The van der Waals surface area contributed by atoms with Gasteiger partial charge in [-0.2, -0.15) is 0 Å². The van der Waals surface area contributed by atoms with Crippen LogP contribution in [0, 0.1) is 5.82 Å². The number of anilines is 1. The zero-order valence-corrected chi connectivity index (χ0v) is 17.8. The quantitative estimate of drug-likeness (QED) is 0.481. The molecule has 0 bridgehead atoms. The van der Waals surface area contributed by atoms with Gasteiger partial charge in [0.1, 0.15) is 30.2 Å². The summed E-state index contributed by atoms with van der Waals surface area (Å²) in [6, 6.07) is 17.7. The van der Waals surface area contributed by atoms with Gasteiger partial charge in [-0.1, -0.05) is 36.4 Å². The fourth-order valence-electron chi connectivity index (χ4n) is 4.02. The van der Waals surface area contributed by atoms with Gasteiger partial charge in [-0.05, 0) is 42.2 Å². The lowest BCUT2D eigenvalue weighted by Crippen LogP contribution is -2.30. The Labute approximate surface area is 186 Å². The number of nitrogens with zero attached hydrogens (tertiary/aromatic N) is 1. The van der Waals surface area contributed by atoms with E-state index in [9.17, 15) is 14.0 Å². The Morgan fingerprint density at radius 3 is 2.72 bits per heavy atom. The number of methoxy groups -OCH3 is 1. The number of benzene rings is 3. The molecule has 0 fully saturated rings. The molecule has 1 aliphatic rings. The average molecular weight is 433 g/mol. The zero-order chi connectivity index (χ0) is 22.5. The first kappa shape index (κ1) is 21.6. The highest BCUT2D eigenvalue weighted by Crippen LogP contribution is 2.35. The normalized spacial score (nSPS) is 12.4. The summed E-state index contributed by atoms with van der Waals surface area (Å²) in [7, 11) is 1.55. The molecule has 0 saturated heterocycles. The molecule has 0 unspecified atom stereocenters. The third-order valence-electron chi connectivity index (χ3n) is 5.61. The van der Waals surface area contributed by atoms with Crippen LogP contribution in [0.3, 0.4) is 0 Å². The number of fused-ring (bicyclic) bond motifs is 1. The molecule has 3 aromatic carbocycles. The van der Waals surface area contributed by atoms with Crippen molar-refractivity contribution in [3.05, 3.63) is 88.7 Å². The van der Waals surface area contributed by atoms with Gasteiger partial charge in [0.05, 0.1) is 18.4 Å². The van der Waals surface area contributed by atoms with Gasteiger partial charge in [0.25, 0.3) is 5.91 Å². The Morgan fingerprint density at radius 2 is 1.94 bits per heavy atom. The summed E-state index contributed by atoms with van der Waals surface area (Å²) in [5.74, 6) is 0.412. The maximum Gasteiger partial charge on any atom is 0.262 e. The van der Waals surface area contributed by atoms with E-state index in [0.717, 1.165) is 29.5 Å². The summed E-state index contributed by atoms with van der Waals surface area (Å²) in [6.45, 7) is 0.773. The SMILES string of the molecule is COc1ccccc1C(=O)N1CCc2cccc(COc3ccc(CCC=O)c(F)c3)c21. The first-order chi connectivity index (χ1) is 15.6. The molecule has 0 saturated carbocycles. The third-order valence-corrected chi connectivity index (χ3v) is 5.61. The molecule has 4 rings (SSSR count). The smallest absolute Gasteiger partial charge is 0.262 e. The number of rotatable bonds is 8. The van der Waals surface area contributed by atoms with Crippen molar-refractivity contribution >= 4 is 17.9 Å². The van der Waals surface area contributed by atoms with E-state index in [1.807, 2.05) is 30.3 Å². The van der Waals surface area contributed by atoms with Crippen LogP contribution in [-0.2, 0) is 24.2 Å². The molecule has 3 aromatic rings. The molecule has 1 aliphatic heterocycles. The summed E-state index contributed by atoms with van der Waals surface area (Å²) in [5, 5.41) is 0. The van der Waals surface area contributed by atoms with E-state index >= 15 is 0 Å².